The first kappa shape index (κ1) is 26.4. The van der Waals surface area contributed by atoms with Crippen LogP contribution in [0.15, 0.2) is 51.6 Å². The van der Waals surface area contributed by atoms with Gasteiger partial charge in [0.15, 0.2) is 5.17 Å². The number of thioether (sulfide) groups is 1. The van der Waals surface area contributed by atoms with E-state index in [0.29, 0.717) is 24.5 Å². The lowest BCUT2D eigenvalue weighted by atomic mass is 9.91. The van der Waals surface area contributed by atoms with Crippen molar-refractivity contribution in [1.29, 1.82) is 0 Å². The number of amides is 1. The third-order valence-electron chi connectivity index (χ3n) is 6.74. The number of rotatable bonds is 9. The third kappa shape index (κ3) is 5.85. The highest BCUT2D eigenvalue weighted by Gasteiger charge is 2.41. The fraction of sp³-hybridized carbons (Fsp3) is 0.519. The van der Waals surface area contributed by atoms with E-state index in [1.54, 1.807) is 0 Å². The number of hydrogen-bond donors (Lipinski definition) is 1. The van der Waals surface area contributed by atoms with Gasteiger partial charge in [-0.25, -0.2) is 9.79 Å². The Morgan fingerprint density at radius 1 is 1.22 bits per heavy atom. The molecule has 1 fully saturated rings. The van der Waals surface area contributed by atoms with Crippen LogP contribution in [0.4, 0.5) is 0 Å². The summed E-state index contributed by atoms with van der Waals surface area (Å²) in [6, 6.07) is 7.96. The summed E-state index contributed by atoms with van der Waals surface area (Å²) < 4.78 is 10.6. The number of amidine groups is 1. The number of methoxy groups -OCH3 is 1. The zero-order chi connectivity index (χ0) is 25.7. The number of morpholine rings is 1. The van der Waals surface area contributed by atoms with Crippen LogP contribution in [0, 0.1) is 0 Å². The minimum atomic E-state index is -0.400. The number of nitrogens with zero attached hydrogens (tertiary/aromatic N) is 3. The Balaban J connectivity index is 1.55. The molecule has 1 N–H and O–H groups in total. The summed E-state index contributed by atoms with van der Waals surface area (Å²) in [5, 5.41) is 5.81. The van der Waals surface area contributed by atoms with Crippen LogP contribution >= 0.6 is 11.8 Å². The second kappa shape index (κ2) is 12.1. The van der Waals surface area contributed by atoms with Crippen LogP contribution in [-0.4, -0.2) is 73.3 Å². The van der Waals surface area contributed by atoms with Gasteiger partial charge in [0, 0.05) is 31.9 Å². The van der Waals surface area contributed by atoms with Gasteiger partial charge in [0.05, 0.1) is 44.1 Å². The fourth-order valence-corrected chi connectivity index (χ4v) is 5.63. The monoisotopic (exact) mass is 512 g/mol. The van der Waals surface area contributed by atoms with Gasteiger partial charge in [-0.05, 0) is 28.9 Å². The summed E-state index contributed by atoms with van der Waals surface area (Å²) in [7, 11) is 1.40. The Bertz CT molecular complexity index is 1060. The van der Waals surface area contributed by atoms with Crippen molar-refractivity contribution in [1.82, 2.24) is 15.1 Å². The molecule has 1 aromatic carbocycles. The summed E-state index contributed by atoms with van der Waals surface area (Å²) >= 11 is 1.50. The van der Waals surface area contributed by atoms with E-state index in [1.165, 1.54) is 24.4 Å². The molecule has 0 spiro atoms. The third-order valence-corrected chi connectivity index (χ3v) is 7.63. The average molecular weight is 513 g/mol. The molecule has 0 bridgehead atoms. The van der Waals surface area contributed by atoms with Crippen molar-refractivity contribution in [3.8, 4) is 0 Å². The molecule has 0 aromatic heterocycles. The summed E-state index contributed by atoms with van der Waals surface area (Å²) in [5.74, 6) is -0.0303. The maximum Gasteiger partial charge on any atom is 0.338 e. The Labute approximate surface area is 217 Å². The van der Waals surface area contributed by atoms with Crippen molar-refractivity contribution in [3.63, 3.8) is 0 Å². The summed E-state index contributed by atoms with van der Waals surface area (Å²) in [5.41, 5.74) is 4.29. The first-order valence-corrected chi connectivity index (χ1v) is 13.5. The van der Waals surface area contributed by atoms with Gasteiger partial charge >= 0.3 is 5.97 Å². The molecule has 0 unspecified atom stereocenters. The van der Waals surface area contributed by atoms with Gasteiger partial charge in [-0.3, -0.25) is 9.69 Å². The zero-order valence-electron chi connectivity index (χ0n) is 21.6. The Morgan fingerprint density at radius 2 is 1.94 bits per heavy atom. The lowest BCUT2D eigenvalue weighted by Crippen LogP contribution is -2.42. The summed E-state index contributed by atoms with van der Waals surface area (Å²) in [4.78, 5) is 35.0. The largest absolute Gasteiger partial charge is 0.466 e. The molecule has 1 aromatic rings. The number of benzene rings is 1. The molecule has 1 atom stereocenters. The minimum absolute atomic E-state index is 0.0462. The molecular formula is C27H36N4O4S. The maximum absolute atomic E-state index is 13.0. The number of ether oxygens (including phenoxy) is 2. The fourth-order valence-electron chi connectivity index (χ4n) is 4.70. The maximum atomic E-state index is 13.0. The van der Waals surface area contributed by atoms with Gasteiger partial charge in [-0.2, -0.15) is 0 Å². The molecule has 0 radical (unpaired) electrons. The number of nitrogens with one attached hydrogen (secondary N) is 1. The van der Waals surface area contributed by atoms with Crippen molar-refractivity contribution in [3.05, 3.63) is 57.8 Å². The van der Waals surface area contributed by atoms with Crippen LogP contribution < -0.4 is 5.32 Å². The quantitative estimate of drug-likeness (QED) is 0.504. The Hall–Kier alpha value is -2.62. The molecule has 1 amide bonds. The number of fused-ring (bicyclic) bond motifs is 1. The zero-order valence-corrected chi connectivity index (χ0v) is 22.4. The molecule has 194 valence electrons. The number of allylic oxidation sites excluding steroid dienone is 1. The lowest BCUT2D eigenvalue weighted by Gasteiger charge is -2.36. The lowest BCUT2D eigenvalue weighted by molar-refractivity contribution is -0.136. The molecule has 0 saturated carbocycles. The molecule has 3 aliphatic heterocycles. The van der Waals surface area contributed by atoms with Crippen molar-refractivity contribution >= 4 is 28.8 Å². The highest BCUT2D eigenvalue weighted by molar-refractivity contribution is 8.16. The number of carbonyl (C=O) groups is 2. The molecule has 36 heavy (non-hydrogen) atoms. The highest BCUT2D eigenvalue weighted by Crippen LogP contribution is 2.45. The number of aliphatic imine (C=N–C) groups is 1. The van der Waals surface area contributed by atoms with Crippen LogP contribution in [0.3, 0.4) is 0 Å². The molecule has 8 nitrogen and oxygen atoms in total. The molecule has 3 aliphatic rings. The SMILES string of the molecule is CCC1=C(C(=O)OC)[C@H](c2ccc(C(C)C)cc2)N2C(CC(=O)NCCN3CCOCC3)=CSC2=N1. The minimum Gasteiger partial charge on any atom is -0.466 e. The van der Waals surface area contributed by atoms with Gasteiger partial charge in [-0.15, -0.1) is 0 Å². The van der Waals surface area contributed by atoms with E-state index in [9.17, 15) is 9.59 Å². The second-order valence-electron chi connectivity index (χ2n) is 9.40. The van der Waals surface area contributed by atoms with E-state index in [2.05, 4.69) is 48.3 Å². The van der Waals surface area contributed by atoms with Crippen LogP contribution in [0.5, 0.6) is 0 Å². The predicted molar refractivity (Wildman–Crippen MR) is 142 cm³/mol. The summed E-state index contributed by atoms with van der Waals surface area (Å²) in [6.07, 6.45) is 0.825. The van der Waals surface area contributed by atoms with E-state index >= 15 is 0 Å². The first-order valence-electron chi connectivity index (χ1n) is 12.6. The smallest absolute Gasteiger partial charge is 0.338 e. The van der Waals surface area contributed by atoms with E-state index in [0.717, 1.165) is 55.0 Å². The normalized spacial score (nSPS) is 20.2. The highest BCUT2D eigenvalue weighted by atomic mass is 32.2. The standard InChI is InChI=1S/C27H36N4O4S/c1-5-22-24(26(33)34-4)25(20-8-6-19(7-9-20)18(2)3)31-21(17-36-27(31)29-22)16-23(32)28-10-11-30-12-14-35-15-13-30/h6-9,17-18,25H,5,10-16H2,1-4H3,(H,28,32)/t25-/m0/s1. The van der Waals surface area contributed by atoms with E-state index in [4.69, 9.17) is 14.5 Å². The van der Waals surface area contributed by atoms with E-state index in [-0.39, 0.29) is 12.3 Å². The van der Waals surface area contributed by atoms with Crippen molar-refractivity contribution in [2.45, 2.75) is 45.6 Å². The van der Waals surface area contributed by atoms with Gasteiger partial charge in [0.1, 0.15) is 0 Å². The predicted octanol–water partition coefficient (Wildman–Crippen LogP) is 3.79. The number of hydrogen-bond acceptors (Lipinski definition) is 8. The second-order valence-corrected chi connectivity index (χ2v) is 10.2. The molecule has 0 aliphatic carbocycles. The molecular weight excluding hydrogens is 476 g/mol. The number of esters is 1. The topological polar surface area (TPSA) is 83.5 Å². The average Bonchev–Trinajstić information content (AvgIpc) is 3.29. The van der Waals surface area contributed by atoms with Gasteiger partial charge in [0.2, 0.25) is 5.91 Å². The van der Waals surface area contributed by atoms with Gasteiger partial charge in [-0.1, -0.05) is 56.8 Å². The number of carbonyl (C=O) groups excluding carboxylic acids is 2. The van der Waals surface area contributed by atoms with Crippen molar-refractivity contribution in [2.75, 3.05) is 46.5 Å². The van der Waals surface area contributed by atoms with E-state index in [1.807, 2.05) is 17.2 Å². The molecule has 1 saturated heterocycles. The van der Waals surface area contributed by atoms with Crippen LogP contribution in [-0.2, 0) is 19.1 Å². The Morgan fingerprint density at radius 3 is 2.58 bits per heavy atom. The van der Waals surface area contributed by atoms with Gasteiger partial charge in [0.25, 0.3) is 0 Å². The Kier molecular flexibility index (Phi) is 8.87. The van der Waals surface area contributed by atoms with Crippen LogP contribution in [0.25, 0.3) is 0 Å². The summed E-state index contributed by atoms with van der Waals surface area (Å²) in [6.45, 7) is 11.0. The van der Waals surface area contributed by atoms with Crippen molar-refractivity contribution in [2.24, 2.45) is 4.99 Å². The first-order chi connectivity index (χ1) is 17.4. The van der Waals surface area contributed by atoms with Crippen LogP contribution in [0.2, 0.25) is 0 Å². The van der Waals surface area contributed by atoms with Gasteiger partial charge < -0.3 is 19.7 Å². The van der Waals surface area contributed by atoms with Crippen LogP contribution in [0.1, 0.15) is 56.7 Å². The molecule has 3 heterocycles. The van der Waals surface area contributed by atoms with Crippen molar-refractivity contribution < 1.29 is 19.1 Å². The molecule has 4 rings (SSSR count). The van der Waals surface area contributed by atoms with E-state index < -0.39 is 12.0 Å². The molecule has 9 heteroatoms.